The highest BCUT2D eigenvalue weighted by Crippen LogP contribution is 2.40. The molecule has 1 unspecified atom stereocenters. The third-order valence-corrected chi connectivity index (χ3v) is 7.92. The number of hydrogen-bond acceptors (Lipinski definition) is 4. The lowest BCUT2D eigenvalue weighted by Gasteiger charge is -2.26. The Labute approximate surface area is 253 Å². The molecule has 0 bridgehead atoms. The Hall–Kier alpha value is -4.71. The molecule has 4 aromatic carbocycles. The van der Waals surface area contributed by atoms with Gasteiger partial charge >= 0.3 is 5.97 Å². The van der Waals surface area contributed by atoms with Crippen LogP contribution in [0.2, 0.25) is 0 Å². The van der Waals surface area contributed by atoms with Crippen molar-refractivity contribution in [3.05, 3.63) is 119 Å². The summed E-state index contributed by atoms with van der Waals surface area (Å²) >= 11 is 0. The fraction of sp³-hybridized carbons (Fsp3) is 0.270. The first-order chi connectivity index (χ1) is 20.5. The van der Waals surface area contributed by atoms with E-state index in [1.165, 1.54) is 5.56 Å². The third-order valence-electron chi connectivity index (χ3n) is 7.92. The molecule has 0 N–H and O–H groups in total. The van der Waals surface area contributed by atoms with Gasteiger partial charge in [-0.1, -0.05) is 68.4 Å². The number of benzene rings is 4. The van der Waals surface area contributed by atoms with Crippen molar-refractivity contribution in [1.82, 2.24) is 19.1 Å². The molecule has 2 heterocycles. The number of aromatic nitrogens is 4. The van der Waals surface area contributed by atoms with E-state index in [0.717, 1.165) is 50.1 Å². The Kier molecular flexibility index (Phi) is 7.17. The van der Waals surface area contributed by atoms with Gasteiger partial charge in [-0.2, -0.15) is 0 Å². The minimum absolute atomic E-state index is 0.348. The summed E-state index contributed by atoms with van der Waals surface area (Å²) in [6, 6.07) is 28.6. The van der Waals surface area contributed by atoms with Gasteiger partial charge in [-0.3, -0.25) is 0 Å². The smallest absolute Gasteiger partial charge is 0.339 e. The quantitative estimate of drug-likeness (QED) is 0.188. The number of nitrogens with zero attached hydrogens (tertiary/aromatic N) is 4. The number of ether oxygens (including phenoxy) is 1. The van der Waals surface area contributed by atoms with Gasteiger partial charge in [0.15, 0.2) is 0 Å². The van der Waals surface area contributed by atoms with E-state index in [0.29, 0.717) is 11.5 Å². The van der Waals surface area contributed by atoms with E-state index in [1.54, 1.807) is 0 Å². The minimum Gasteiger partial charge on any atom is -0.456 e. The van der Waals surface area contributed by atoms with Gasteiger partial charge in [0.25, 0.3) is 0 Å². The number of carbonyl (C=O) groups is 1. The van der Waals surface area contributed by atoms with Crippen molar-refractivity contribution in [2.45, 2.75) is 59.1 Å². The van der Waals surface area contributed by atoms with Gasteiger partial charge in [-0.05, 0) is 86.2 Å². The van der Waals surface area contributed by atoms with Crippen LogP contribution < -0.4 is 0 Å². The van der Waals surface area contributed by atoms with E-state index in [4.69, 9.17) is 14.7 Å². The summed E-state index contributed by atoms with van der Waals surface area (Å²) in [4.78, 5) is 23.9. The maximum absolute atomic E-state index is 13.9. The van der Waals surface area contributed by atoms with Crippen molar-refractivity contribution < 1.29 is 9.53 Å². The van der Waals surface area contributed by atoms with Crippen LogP contribution in [0.1, 0.15) is 79.5 Å². The fourth-order valence-corrected chi connectivity index (χ4v) is 5.89. The monoisotopic (exact) mass is 570 g/mol. The molecule has 43 heavy (non-hydrogen) atoms. The van der Waals surface area contributed by atoms with Crippen LogP contribution in [-0.2, 0) is 11.8 Å². The van der Waals surface area contributed by atoms with E-state index in [9.17, 15) is 4.79 Å². The highest BCUT2D eigenvalue weighted by Gasteiger charge is 2.31. The largest absolute Gasteiger partial charge is 0.456 e. The van der Waals surface area contributed by atoms with Gasteiger partial charge in [-0.15, -0.1) is 0 Å². The average molecular weight is 571 g/mol. The fourth-order valence-electron chi connectivity index (χ4n) is 5.89. The van der Waals surface area contributed by atoms with Crippen LogP contribution in [0.5, 0.6) is 0 Å². The molecule has 0 amide bonds. The molecular formula is C37H38N4O2. The zero-order chi connectivity index (χ0) is 30.5. The van der Waals surface area contributed by atoms with E-state index in [-0.39, 0.29) is 12.0 Å². The molecule has 2 aromatic heterocycles. The van der Waals surface area contributed by atoms with Crippen LogP contribution in [0.4, 0.5) is 0 Å². The molecule has 6 heteroatoms. The molecular weight excluding hydrogens is 532 g/mol. The Balaban J connectivity index is 1.70. The molecule has 0 aliphatic carbocycles. The predicted molar refractivity (Wildman–Crippen MR) is 174 cm³/mol. The van der Waals surface area contributed by atoms with Gasteiger partial charge in [0.05, 0.1) is 34.0 Å². The molecule has 218 valence electrons. The second kappa shape index (κ2) is 10.8. The van der Waals surface area contributed by atoms with Gasteiger partial charge in [0.2, 0.25) is 0 Å². The number of esters is 1. The zero-order valence-electron chi connectivity index (χ0n) is 25.9. The minimum atomic E-state index is -0.642. The van der Waals surface area contributed by atoms with Crippen molar-refractivity contribution >= 4 is 28.0 Å². The van der Waals surface area contributed by atoms with Crippen LogP contribution in [0.15, 0.2) is 91.3 Å². The molecule has 6 aromatic rings. The molecule has 6 rings (SSSR count). The van der Waals surface area contributed by atoms with E-state index in [2.05, 4.69) is 72.5 Å². The summed E-state index contributed by atoms with van der Waals surface area (Å²) in [6.45, 7) is 12.1. The lowest BCUT2D eigenvalue weighted by atomic mass is 9.87. The topological polar surface area (TPSA) is 61.9 Å². The molecule has 0 aliphatic heterocycles. The number of para-hydroxylation sites is 4. The number of fused-ring (bicyclic) bond motifs is 2. The highest BCUT2D eigenvalue weighted by atomic mass is 16.6. The summed E-state index contributed by atoms with van der Waals surface area (Å²) in [5, 5.41) is 0. The summed E-state index contributed by atoms with van der Waals surface area (Å²) in [6.07, 6.45) is 1.88. The molecule has 0 saturated heterocycles. The van der Waals surface area contributed by atoms with Gasteiger partial charge in [0, 0.05) is 12.6 Å². The van der Waals surface area contributed by atoms with Crippen LogP contribution in [0, 0.1) is 6.92 Å². The van der Waals surface area contributed by atoms with Gasteiger partial charge < -0.3 is 13.9 Å². The number of aryl methyl sites for hydroxylation is 2. The first kappa shape index (κ1) is 28.4. The zero-order valence-corrected chi connectivity index (χ0v) is 25.9. The third kappa shape index (κ3) is 5.34. The summed E-state index contributed by atoms with van der Waals surface area (Å²) in [5.41, 5.74) is 8.68. The van der Waals surface area contributed by atoms with E-state index >= 15 is 0 Å². The number of rotatable bonds is 6. The lowest BCUT2D eigenvalue weighted by Crippen LogP contribution is -2.25. The second-order valence-electron chi connectivity index (χ2n) is 12.6. The Morgan fingerprint density at radius 3 is 2.16 bits per heavy atom. The molecule has 0 fully saturated rings. The summed E-state index contributed by atoms with van der Waals surface area (Å²) in [5.74, 6) is 0.895. The summed E-state index contributed by atoms with van der Waals surface area (Å²) in [7, 11) is 2.05. The first-order valence-corrected chi connectivity index (χ1v) is 14.8. The molecule has 0 aliphatic rings. The van der Waals surface area contributed by atoms with Crippen molar-refractivity contribution in [2.75, 3.05) is 0 Å². The molecule has 1 atom stereocenters. The average Bonchev–Trinajstić information content (AvgIpc) is 3.54. The van der Waals surface area contributed by atoms with Crippen molar-refractivity contribution in [2.24, 2.45) is 7.05 Å². The van der Waals surface area contributed by atoms with Crippen molar-refractivity contribution in [3.8, 4) is 11.1 Å². The standard InChI is InChI=1S/C37H38N4O2/c1-23(2)25-16-18-26(19-17-25)33-27(20-24(3)21-28(33)36(42)43-37(4,5)6)34(41-22-38-29-12-8-11-15-32(29)41)35-39-30-13-9-10-14-31(30)40(35)7/h8-23,34H,1-7H3. The van der Waals surface area contributed by atoms with E-state index in [1.807, 2.05) is 76.5 Å². The normalized spacial score (nSPS) is 12.7. The van der Waals surface area contributed by atoms with Crippen LogP contribution in [0.25, 0.3) is 33.2 Å². The van der Waals surface area contributed by atoms with Crippen molar-refractivity contribution in [1.29, 1.82) is 0 Å². The van der Waals surface area contributed by atoms with Crippen LogP contribution in [0.3, 0.4) is 0 Å². The number of carbonyl (C=O) groups excluding carboxylic acids is 1. The maximum Gasteiger partial charge on any atom is 0.339 e. The van der Waals surface area contributed by atoms with Gasteiger partial charge in [0.1, 0.15) is 17.5 Å². The highest BCUT2D eigenvalue weighted by molar-refractivity contribution is 5.99. The Bertz CT molecular complexity index is 1960. The number of hydrogen-bond donors (Lipinski definition) is 0. The lowest BCUT2D eigenvalue weighted by molar-refractivity contribution is 0.00702. The number of imidazole rings is 2. The first-order valence-electron chi connectivity index (χ1n) is 14.8. The maximum atomic E-state index is 13.9. The summed E-state index contributed by atoms with van der Waals surface area (Å²) < 4.78 is 10.3. The van der Waals surface area contributed by atoms with Crippen LogP contribution in [-0.4, -0.2) is 30.7 Å². The van der Waals surface area contributed by atoms with Gasteiger partial charge in [-0.25, -0.2) is 14.8 Å². The second-order valence-corrected chi connectivity index (χ2v) is 12.6. The molecule has 6 nitrogen and oxygen atoms in total. The Morgan fingerprint density at radius 2 is 1.51 bits per heavy atom. The SMILES string of the molecule is Cc1cc(C(=O)OC(C)(C)C)c(-c2ccc(C(C)C)cc2)c(C(c2nc3ccccc3n2C)n2cnc3ccccc32)c1. The molecule has 0 spiro atoms. The predicted octanol–water partition coefficient (Wildman–Crippen LogP) is 8.61. The Morgan fingerprint density at radius 1 is 0.860 bits per heavy atom. The molecule has 0 saturated carbocycles. The van der Waals surface area contributed by atoms with E-state index < -0.39 is 5.60 Å². The molecule has 0 radical (unpaired) electrons. The van der Waals surface area contributed by atoms with Crippen molar-refractivity contribution in [3.63, 3.8) is 0 Å². The van der Waals surface area contributed by atoms with Crippen LogP contribution >= 0.6 is 0 Å².